The van der Waals surface area contributed by atoms with Crippen LogP contribution in [0.1, 0.15) is 53.4 Å². The summed E-state index contributed by atoms with van der Waals surface area (Å²) in [6.07, 6.45) is -3.85. The lowest BCUT2D eigenvalue weighted by atomic mass is 9.41. The van der Waals surface area contributed by atoms with Gasteiger partial charge in [0.05, 0.1) is 0 Å². The Bertz CT molecular complexity index is 1110. The van der Waals surface area contributed by atoms with Crippen molar-refractivity contribution in [3.05, 3.63) is 23.8 Å². The lowest BCUT2D eigenvalue weighted by Gasteiger charge is -2.64. The molecular weight excluding hydrogens is 500 g/mol. The summed E-state index contributed by atoms with van der Waals surface area (Å²) in [5.41, 5.74) is -7.47. The van der Waals surface area contributed by atoms with Crippen LogP contribution < -0.4 is 0 Å². The Labute approximate surface area is 211 Å². The van der Waals surface area contributed by atoms with Crippen LogP contribution in [0, 0.1) is 28.6 Å². The molecule has 0 heterocycles. The van der Waals surface area contributed by atoms with Crippen LogP contribution in [0.4, 0.5) is 17.6 Å². The molecule has 0 aromatic heterocycles. The van der Waals surface area contributed by atoms with E-state index in [0.717, 1.165) is 6.92 Å². The molecule has 0 saturated heterocycles. The molecule has 11 heteroatoms. The van der Waals surface area contributed by atoms with E-state index in [0.29, 0.717) is 5.57 Å². The third-order valence-electron chi connectivity index (χ3n) is 9.28. The van der Waals surface area contributed by atoms with E-state index in [1.54, 1.807) is 13.0 Å². The molecule has 2 saturated carbocycles. The summed E-state index contributed by atoms with van der Waals surface area (Å²) in [5, 5.41) is 11.3. The van der Waals surface area contributed by atoms with Crippen molar-refractivity contribution in [2.75, 3.05) is 6.61 Å². The van der Waals surface area contributed by atoms with E-state index in [4.69, 9.17) is 9.47 Å². The predicted molar refractivity (Wildman–Crippen MR) is 119 cm³/mol. The number of hydrogen-bond donors (Lipinski definition) is 1. The Morgan fingerprint density at radius 1 is 1.19 bits per heavy atom. The molecule has 1 N–H and O–H groups in total. The van der Waals surface area contributed by atoms with Gasteiger partial charge in [0, 0.05) is 36.5 Å². The zero-order chi connectivity index (χ0) is 27.8. The van der Waals surface area contributed by atoms with Gasteiger partial charge < -0.3 is 14.6 Å². The first-order chi connectivity index (χ1) is 16.9. The van der Waals surface area contributed by atoms with Gasteiger partial charge in [-0.05, 0) is 37.7 Å². The molecule has 0 aromatic rings. The van der Waals surface area contributed by atoms with Crippen molar-refractivity contribution in [3.8, 4) is 0 Å². The second-order valence-electron chi connectivity index (χ2n) is 11.3. The number of ether oxygens (including phenoxy) is 2. The predicted octanol–water partition coefficient (Wildman–Crippen LogP) is 3.58. The van der Waals surface area contributed by atoms with Crippen LogP contribution in [0.5, 0.6) is 0 Å². The maximum absolute atomic E-state index is 17.6. The molecule has 0 radical (unpaired) electrons. The molecule has 2 unspecified atom stereocenters. The van der Waals surface area contributed by atoms with Gasteiger partial charge >= 0.3 is 18.1 Å². The van der Waals surface area contributed by atoms with Gasteiger partial charge in [0.1, 0.15) is 12.7 Å². The highest BCUT2D eigenvalue weighted by atomic mass is 19.4. The van der Waals surface area contributed by atoms with Gasteiger partial charge in [-0.1, -0.05) is 31.6 Å². The van der Waals surface area contributed by atoms with Crippen molar-refractivity contribution >= 4 is 23.5 Å². The van der Waals surface area contributed by atoms with E-state index in [9.17, 15) is 37.5 Å². The Kier molecular flexibility index (Phi) is 6.29. The highest BCUT2D eigenvalue weighted by Crippen LogP contribution is 2.67. The van der Waals surface area contributed by atoms with Gasteiger partial charge in [0.15, 0.2) is 22.8 Å². The SMILES string of the molecule is CC(=O)OC[C@]1(O)C(=O)[C@@]2(C)C[C@H](OC(=O)C(F)(F)F)[C@@]3(F)C(CC=C4CC(=O)C=C[C@@]43C)C2C[C@@H]1C. The molecule has 4 rings (SSSR count). The number of carbonyl (C=O) groups excluding carboxylic acids is 4. The molecule has 2 fully saturated rings. The van der Waals surface area contributed by atoms with Crippen molar-refractivity contribution in [2.45, 2.75) is 76.9 Å². The fraction of sp³-hybridized carbons (Fsp3) is 0.692. The van der Waals surface area contributed by atoms with Crippen LogP contribution in [0.3, 0.4) is 0 Å². The standard InChI is InChI=1S/C26H30F4O7/c1-13-9-18-17-6-5-15-10-16(32)7-8-23(15,4)25(17,27)19(37-21(34)26(28,29)30)11-22(18,3)20(33)24(13,35)12-36-14(2)31/h5,7-8,13,17-19,35H,6,9-12H2,1-4H3/t13-,17?,18?,19-,22-,23-,24+,25-/m0/s1. The summed E-state index contributed by atoms with van der Waals surface area (Å²) in [5.74, 6) is -6.97. The number of esters is 2. The van der Waals surface area contributed by atoms with Gasteiger partial charge in [-0.15, -0.1) is 0 Å². The first kappa shape index (κ1) is 27.5. The average Bonchev–Trinajstić information content (AvgIpc) is 2.79. The summed E-state index contributed by atoms with van der Waals surface area (Å²) in [6, 6.07) is 0. The van der Waals surface area contributed by atoms with Crippen LogP contribution >= 0.6 is 0 Å². The van der Waals surface area contributed by atoms with E-state index in [1.807, 2.05) is 0 Å². The van der Waals surface area contributed by atoms with Crippen LogP contribution in [-0.2, 0) is 28.7 Å². The van der Waals surface area contributed by atoms with Crippen molar-refractivity contribution in [1.82, 2.24) is 0 Å². The molecule has 8 atom stereocenters. The molecule has 0 bridgehead atoms. The number of rotatable bonds is 3. The number of allylic oxidation sites excluding steroid dienone is 4. The fourth-order valence-electron chi connectivity index (χ4n) is 7.16. The maximum atomic E-state index is 17.6. The highest BCUT2D eigenvalue weighted by Gasteiger charge is 2.74. The lowest BCUT2D eigenvalue weighted by Crippen LogP contribution is -2.72. The number of ketones is 2. The number of fused-ring (bicyclic) bond motifs is 5. The van der Waals surface area contributed by atoms with Crippen LogP contribution in [0.25, 0.3) is 0 Å². The summed E-state index contributed by atoms with van der Waals surface area (Å²) < 4.78 is 67.2. The molecule has 0 amide bonds. The smallest absolute Gasteiger partial charge is 0.462 e. The van der Waals surface area contributed by atoms with Crippen molar-refractivity contribution in [3.63, 3.8) is 0 Å². The third-order valence-corrected chi connectivity index (χ3v) is 9.28. The highest BCUT2D eigenvalue weighted by molar-refractivity contribution is 5.95. The quantitative estimate of drug-likeness (QED) is 0.338. The molecule has 37 heavy (non-hydrogen) atoms. The minimum atomic E-state index is -5.41. The molecule has 7 nitrogen and oxygen atoms in total. The molecule has 204 valence electrons. The Morgan fingerprint density at radius 2 is 1.84 bits per heavy atom. The normalized spacial score (nSPS) is 43.2. The second kappa shape index (κ2) is 8.47. The third kappa shape index (κ3) is 3.87. The number of hydrogen-bond acceptors (Lipinski definition) is 7. The molecule has 4 aliphatic rings. The Morgan fingerprint density at radius 3 is 2.43 bits per heavy atom. The molecule has 0 aromatic carbocycles. The summed E-state index contributed by atoms with van der Waals surface area (Å²) >= 11 is 0. The average molecular weight is 531 g/mol. The van der Waals surface area contributed by atoms with E-state index in [-0.39, 0.29) is 25.0 Å². The van der Waals surface area contributed by atoms with E-state index in [2.05, 4.69) is 0 Å². The van der Waals surface area contributed by atoms with Crippen molar-refractivity contribution in [2.24, 2.45) is 28.6 Å². The zero-order valence-electron chi connectivity index (χ0n) is 21.0. The van der Waals surface area contributed by atoms with Gasteiger partial charge in [-0.3, -0.25) is 14.4 Å². The first-order valence-electron chi connectivity index (χ1n) is 12.2. The van der Waals surface area contributed by atoms with Gasteiger partial charge in [-0.25, -0.2) is 9.18 Å². The van der Waals surface area contributed by atoms with Gasteiger partial charge in [0.2, 0.25) is 0 Å². The lowest BCUT2D eigenvalue weighted by molar-refractivity contribution is -0.247. The van der Waals surface area contributed by atoms with E-state index in [1.165, 1.54) is 26.0 Å². The van der Waals surface area contributed by atoms with E-state index >= 15 is 4.39 Å². The molecule has 4 aliphatic carbocycles. The largest absolute Gasteiger partial charge is 0.490 e. The van der Waals surface area contributed by atoms with Gasteiger partial charge in [0.25, 0.3) is 0 Å². The number of Topliss-reactive ketones (excluding diaryl/α,β-unsaturated/α-hetero) is 1. The Balaban J connectivity index is 1.85. The number of halogens is 4. The number of aliphatic hydroxyl groups is 1. The summed E-state index contributed by atoms with van der Waals surface area (Å²) in [6.45, 7) is 4.92. The Hall–Kier alpha value is -2.56. The summed E-state index contributed by atoms with van der Waals surface area (Å²) in [7, 11) is 0. The minimum Gasteiger partial charge on any atom is -0.462 e. The topological polar surface area (TPSA) is 107 Å². The second-order valence-corrected chi connectivity index (χ2v) is 11.3. The maximum Gasteiger partial charge on any atom is 0.490 e. The van der Waals surface area contributed by atoms with Gasteiger partial charge in [-0.2, -0.15) is 13.2 Å². The van der Waals surface area contributed by atoms with Crippen molar-refractivity contribution in [1.29, 1.82) is 0 Å². The summed E-state index contributed by atoms with van der Waals surface area (Å²) in [4.78, 5) is 49.3. The van der Waals surface area contributed by atoms with Crippen LogP contribution in [-0.4, -0.2) is 58.8 Å². The van der Waals surface area contributed by atoms with Crippen LogP contribution in [0.2, 0.25) is 0 Å². The number of alkyl halides is 4. The molecular formula is C26H30F4O7. The molecule has 0 spiro atoms. The molecule has 0 aliphatic heterocycles. The van der Waals surface area contributed by atoms with E-state index < -0.39 is 82.9 Å². The first-order valence-corrected chi connectivity index (χ1v) is 12.2. The van der Waals surface area contributed by atoms with Crippen molar-refractivity contribution < 1.29 is 51.3 Å². The number of carbonyl (C=O) groups is 4. The zero-order valence-corrected chi connectivity index (χ0v) is 21.0. The minimum absolute atomic E-state index is 0.00520. The van der Waals surface area contributed by atoms with Crippen LogP contribution in [0.15, 0.2) is 23.8 Å². The fourth-order valence-corrected chi connectivity index (χ4v) is 7.16. The monoisotopic (exact) mass is 530 g/mol.